The Hall–Kier alpha value is -2.21. The number of rotatable bonds is 4. The van der Waals surface area contributed by atoms with E-state index < -0.39 is 5.95 Å². The maximum atomic E-state index is 13.2. The Morgan fingerprint density at radius 1 is 1.30 bits per heavy atom. The van der Waals surface area contributed by atoms with E-state index in [0.29, 0.717) is 5.82 Å². The van der Waals surface area contributed by atoms with Crippen LogP contribution in [0.2, 0.25) is 0 Å². The van der Waals surface area contributed by atoms with Gasteiger partial charge < -0.3 is 9.88 Å². The fourth-order valence-electron chi connectivity index (χ4n) is 2.01. The van der Waals surface area contributed by atoms with Crippen LogP contribution < -0.4 is 5.32 Å². The smallest absolute Gasteiger partial charge is 0.214 e. The van der Waals surface area contributed by atoms with Crippen molar-refractivity contribution in [3.05, 3.63) is 64.8 Å². The summed E-state index contributed by atoms with van der Waals surface area (Å²) < 4.78 is 15.2. The van der Waals surface area contributed by atoms with Crippen LogP contribution in [0.1, 0.15) is 16.7 Å². The normalized spacial score (nSPS) is 12.3. The van der Waals surface area contributed by atoms with E-state index in [-0.39, 0.29) is 6.04 Å². The van der Waals surface area contributed by atoms with Gasteiger partial charge >= 0.3 is 0 Å². The SMILES string of the molecule is Cn1ccnc1C(Nc1cccc(F)n1)c1cccs1. The number of nitrogens with one attached hydrogen (secondary N) is 1. The van der Waals surface area contributed by atoms with Crippen LogP contribution in [-0.2, 0) is 7.05 Å². The minimum atomic E-state index is -0.500. The first-order chi connectivity index (χ1) is 9.74. The van der Waals surface area contributed by atoms with Crippen molar-refractivity contribution in [2.45, 2.75) is 6.04 Å². The van der Waals surface area contributed by atoms with Gasteiger partial charge in [-0.05, 0) is 23.6 Å². The molecule has 0 amide bonds. The number of hydrogen-bond donors (Lipinski definition) is 1. The Balaban J connectivity index is 1.97. The number of nitrogens with zero attached hydrogens (tertiary/aromatic N) is 3. The molecular weight excluding hydrogens is 275 g/mol. The average Bonchev–Trinajstić information content (AvgIpc) is 3.07. The molecule has 3 aromatic heterocycles. The molecule has 0 aliphatic rings. The summed E-state index contributed by atoms with van der Waals surface area (Å²) in [6, 6.07) is 8.56. The summed E-state index contributed by atoms with van der Waals surface area (Å²) in [5.41, 5.74) is 0. The van der Waals surface area contributed by atoms with Gasteiger partial charge in [-0.3, -0.25) is 0 Å². The number of hydrogen-bond acceptors (Lipinski definition) is 4. The van der Waals surface area contributed by atoms with Crippen molar-refractivity contribution >= 4 is 17.2 Å². The zero-order valence-electron chi connectivity index (χ0n) is 10.8. The highest BCUT2D eigenvalue weighted by atomic mass is 32.1. The molecule has 6 heteroatoms. The lowest BCUT2D eigenvalue weighted by Gasteiger charge is -2.17. The van der Waals surface area contributed by atoms with Gasteiger partial charge in [-0.1, -0.05) is 12.1 Å². The lowest BCUT2D eigenvalue weighted by molar-refractivity contribution is 0.584. The van der Waals surface area contributed by atoms with Crippen molar-refractivity contribution in [3.8, 4) is 0 Å². The van der Waals surface area contributed by atoms with Gasteiger partial charge in [0.2, 0.25) is 5.95 Å². The zero-order chi connectivity index (χ0) is 13.9. The van der Waals surface area contributed by atoms with Gasteiger partial charge in [0.15, 0.2) is 0 Å². The van der Waals surface area contributed by atoms with Crippen LogP contribution in [-0.4, -0.2) is 14.5 Å². The maximum Gasteiger partial charge on any atom is 0.214 e. The fraction of sp³-hybridized carbons (Fsp3) is 0.143. The third-order valence-corrected chi connectivity index (χ3v) is 3.89. The molecule has 3 heterocycles. The second kappa shape index (κ2) is 5.42. The van der Waals surface area contributed by atoms with Crippen molar-refractivity contribution < 1.29 is 4.39 Å². The molecule has 0 saturated heterocycles. The van der Waals surface area contributed by atoms with Crippen LogP contribution in [0.15, 0.2) is 48.1 Å². The number of thiophene rings is 1. The monoisotopic (exact) mass is 288 g/mol. The van der Waals surface area contributed by atoms with E-state index in [1.54, 1.807) is 29.7 Å². The molecule has 20 heavy (non-hydrogen) atoms. The molecule has 0 aromatic carbocycles. The standard InChI is InChI=1S/C14H13FN4S/c1-19-8-7-16-14(19)13(10-4-3-9-20-10)18-12-6-2-5-11(15)17-12/h2-9,13H,1H3,(H,17,18). The Kier molecular flexibility index (Phi) is 3.47. The van der Waals surface area contributed by atoms with Crippen molar-refractivity contribution in [2.24, 2.45) is 7.05 Å². The summed E-state index contributed by atoms with van der Waals surface area (Å²) in [5.74, 6) is 0.852. The van der Waals surface area contributed by atoms with Crippen LogP contribution in [0.3, 0.4) is 0 Å². The highest BCUT2D eigenvalue weighted by Gasteiger charge is 2.19. The fourth-order valence-corrected chi connectivity index (χ4v) is 2.78. The lowest BCUT2D eigenvalue weighted by atomic mass is 10.2. The quantitative estimate of drug-likeness (QED) is 0.750. The van der Waals surface area contributed by atoms with Crippen LogP contribution in [0.5, 0.6) is 0 Å². The van der Waals surface area contributed by atoms with E-state index >= 15 is 0 Å². The Bertz CT molecular complexity index is 693. The number of pyridine rings is 1. The molecule has 0 aliphatic carbocycles. The molecule has 0 radical (unpaired) electrons. The average molecular weight is 288 g/mol. The number of aryl methyl sites for hydroxylation is 1. The number of anilines is 1. The predicted octanol–water partition coefficient (Wildman–Crippen LogP) is 3.22. The third-order valence-electron chi connectivity index (χ3n) is 2.95. The van der Waals surface area contributed by atoms with Crippen LogP contribution in [0.25, 0.3) is 0 Å². The molecule has 3 aromatic rings. The minimum absolute atomic E-state index is 0.149. The van der Waals surface area contributed by atoms with Gasteiger partial charge in [-0.2, -0.15) is 4.39 Å². The van der Waals surface area contributed by atoms with E-state index in [1.807, 2.05) is 35.3 Å². The van der Waals surface area contributed by atoms with Crippen LogP contribution >= 0.6 is 11.3 Å². The number of imidazole rings is 1. The van der Waals surface area contributed by atoms with Crippen LogP contribution in [0.4, 0.5) is 10.2 Å². The predicted molar refractivity (Wildman–Crippen MR) is 77.2 cm³/mol. The Morgan fingerprint density at radius 3 is 2.85 bits per heavy atom. The second-order valence-electron chi connectivity index (χ2n) is 4.33. The highest BCUT2D eigenvalue weighted by Crippen LogP contribution is 2.28. The minimum Gasteiger partial charge on any atom is -0.355 e. The first-order valence-electron chi connectivity index (χ1n) is 6.14. The van der Waals surface area contributed by atoms with E-state index in [0.717, 1.165) is 10.7 Å². The maximum absolute atomic E-state index is 13.2. The Morgan fingerprint density at radius 2 is 2.20 bits per heavy atom. The van der Waals surface area contributed by atoms with Crippen molar-refractivity contribution in [1.29, 1.82) is 0 Å². The summed E-state index contributed by atoms with van der Waals surface area (Å²) in [5, 5.41) is 5.25. The molecule has 1 atom stereocenters. The highest BCUT2D eigenvalue weighted by molar-refractivity contribution is 7.10. The van der Waals surface area contributed by atoms with Crippen molar-refractivity contribution in [3.63, 3.8) is 0 Å². The molecule has 102 valence electrons. The molecule has 1 N–H and O–H groups in total. The van der Waals surface area contributed by atoms with Crippen molar-refractivity contribution in [1.82, 2.24) is 14.5 Å². The first-order valence-corrected chi connectivity index (χ1v) is 7.02. The molecule has 0 saturated carbocycles. The third kappa shape index (κ3) is 2.55. The molecule has 0 fully saturated rings. The zero-order valence-corrected chi connectivity index (χ0v) is 11.6. The van der Waals surface area contributed by atoms with Gasteiger partial charge in [0.1, 0.15) is 17.7 Å². The second-order valence-corrected chi connectivity index (χ2v) is 5.31. The molecule has 0 spiro atoms. The Labute approximate surface area is 119 Å². The van der Waals surface area contributed by atoms with Gasteiger partial charge in [0.25, 0.3) is 0 Å². The molecule has 0 bridgehead atoms. The number of halogens is 1. The largest absolute Gasteiger partial charge is 0.355 e. The van der Waals surface area contributed by atoms with Gasteiger partial charge in [-0.25, -0.2) is 9.97 Å². The van der Waals surface area contributed by atoms with E-state index in [9.17, 15) is 4.39 Å². The molecule has 1 unspecified atom stereocenters. The van der Waals surface area contributed by atoms with Gasteiger partial charge in [0.05, 0.1) is 0 Å². The molecule has 4 nitrogen and oxygen atoms in total. The van der Waals surface area contributed by atoms with E-state index in [4.69, 9.17) is 0 Å². The molecular formula is C14H13FN4S. The molecule has 0 aliphatic heterocycles. The van der Waals surface area contributed by atoms with E-state index in [1.165, 1.54) is 6.07 Å². The van der Waals surface area contributed by atoms with Crippen molar-refractivity contribution in [2.75, 3.05) is 5.32 Å². The summed E-state index contributed by atoms with van der Waals surface area (Å²) in [6.45, 7) is 0. The summed E-state index contributed by atoms with van der Waals surface area (Å²) in [6.07, 6.45) is 3.63. The molecule has 3 rings (SSSR count). The number of aromatic nitrogens is 3. The topological polar surface area (TPSA) is 42.7 Å². The summed E-state index contributed by atoms with van der Waals surface area (Å²) in [4.78, 5) is 9.33. The van der Waals surface area contributed by atoms with Gasteiger partial charge in [0, 0.05) is 24.3 Å². The summed E-state index contributed by atoms with van der Waals surface area (Å²) in [7, 11) is 1.93. The van der Waals surface area contributed by atoms with E-state index in [2.05, 4.69) is 15.3 Å². The van der Waals surface area contributed by atoms with Gasteiger partial charge in [-0.15, -0.1) is 11.3 Å². The first kappa shape index (κ1) is 12.8. The summed E-state index contributed by atoms with van der Waals surface area (Å²) >= 11 is 1.62. The van der Waals surface area contributed by atoms with Crippen LogP contribution in [0, 0.1) is 5.95 Å². The lowest BCUT2D eigenvalue weighted by Crippen LogP contribution is -2.16.